The van der Waals surface area contributed by atoms with Crippen LogP contribution in [-0.4, -0.2) is 114 Å². The van der Waals surface area contributed by atoms with Crippen LogP contribution < -0.4 is 42.7 Å². The second-order valence-electron chi connectivity index (χ2n) is 29.7. The second kappa shape index (κ2) is 24.5. The van der Waals surface area contributed by atoms with E-state index < -0.39 is 52.6 Å². The summed E-state index contributed by atoms with van der Waals surface area (Å²) in [5.74, 6) is 6.82. The van der Waals surface area contributed by atoms with Crippen LogP contribution in [0.3, 0.4) is 0 Å². The molecule has 0 saturated carbocycles. The molecular weight excluding hydrogens is 1480 g/mol. The maximum Gasteiger partial charge on any atom is 0.799 e. The molecule has 0 amide bonds. The van der Waals surface area contributed by atoms with Crippen molar-refractivity contribution in [1.29, 1.82) is 0 Å². The summed E-state index contributed by atoms with van der Waals surface area (Å²) >= 11 is -7.76. The number of aliphatic imine (C=N–C) groups is 8. The minimum atomic E-state index is -4.40. The molecule has 12 heterocycles. The number of aromatic nitrogens is 4. The Morgan fingerprint density at radius 2 is 0.389 bits per heavy atom. The Balaban J connectivity index is 0.880. The molecule has 8 aliphatic heterocycles. The Labute approximate surface area is 657 Å². The van der Waals surface area contributed by atoms with Crippen molar-refractivity contribution in [2.45, 2.75) is 13.1 Å². The molecule has 0 unspecified atom stereocenters. The summed E-state index contributed by atoms with van der Waals surface area (Å²) in [6, 6.07) is 112. The number of fused-ring (bicyclic) bond motifs is 28. The van der Waals surface area contributed by atoms with Gasteiger partial charge in [0.2, 0.25) is 15.7 Å². The van der Waals surface area contributed by atoms with Gasteiger partial charge in [-0.3, -0.25) is 0 Å². The number of nitrogens with zero attached hydrogens (tertiary/aromatic N) is 16. The first-order chi connectivity index (χ1) is 55.8. The first-order valence-corrected chi connectivity index (χ1v) is 49.7. The van der Waals surface area contributed by atoms with Crippen LogP contribution in [0.25, 0.3) is 43.1 Å². The number of hydrogen-bond acceptors (Lipinski definition) is 14. The van der Waals surface area contributed by atoms with Crippen molar-refractivity contribution in [3.05, 3.63) is 382 Å². The molecule has 528 valence electrons. The third-order valence-electron chi connectivity index (χ3n) is 23.6. The van der Waals surface area contributed by atoms with Crippen molar-refractivity contribution in [2.75, 3.05) is 0 Å². The fourth-order valence-electron chi connectivity index (χ4n) is 18.6. The zero-order valence-electron chi connectivity index (χ0n) is 60.6. The zero-order chi connectivity index (χ0) is 74.4. The third kappa shape index (κ3) is 9.15. The van der Waals surface area contributed by atoms with Crippen molar-refractivity contribution in [2.24, 2.45) is 59.9 Å². The molecule has 0 fully saturated rings. The van der Waals surface area contributed by atoms with Crippen LogP contribution in [-0.2, 0) is 6.96 Å². The number of amidine groups is 8. The van der Waals surface area contributed by atoms with Crippen LogP contribution >= 0.6 is 0 Å². The lowest BCUT2D eigenvalue weighted by molar-refractivity contribution is 0.546. The molecule has 24 rings (SSSR count). The van der Waals surface area contributed by atoms with Gasteiger partial charge >= 0.3 is 29.8 Å². The molecule has 0 N–H and O–H groups in total. The highest BCUT2D eigenvalue weighted by Crippen LogP contribution is 2.46. The number of benzene rings is 12. The molecule has 0 atom stereocenters. The fourth-order valence-corrected chi connectivity index (χ4v) is 69.9. The maximum absolute atomic E-state index is 9.84. The predicted molar refractivity (Wildman–Crippen MR) is 458 cm³/mol. The van der Waals surface area contributed by atoms with E-state index in [2.05, 4.69) is 343 Å². The number of hydrogen-bond donors (Lipinski definition) is 0. The van der Waals surface area contributed by atoms with Crippen LogP contribution in [0.1, 0.15) is 44.5 Å². The summed E-state index contributed by atoms with van der Waals surface area (Å²) in [7, 11) is -12.8. The van der Waals surface area contributed by atoms with Gasteiger partial charge in [0.05, 0.1) is 0 Å². The average Bonchev–Trinajstić information content (AvgIpc) is 1.68. The highest BCUT2D eigenvalue weighted by atomic mass is 29.7. The van der Waals surface area contributed by atoms with Crippen molar-refractivity contribution in [1.82, 2.24) is 14.2 Å². The Hall–Kier alpha value is -13.0. The third-order valence-corrected chi connectivity index (χ3v) is 62.4. The van der Waals surface area contributed by atoms with Crippen LogP contribution in [0.4, 0.5) is 23.3 Å². The van der Waals surface area contributed by atoms with Gasteiger partial charge < -0.3 is 21.2 Å². The highest BCUT2D eigenvalue weighted by Gasteiger charge is 2.71. The smallest absolute Gasteiger partial charge is 0.505 e. The summed E-state index contributed by atoms with van der Waals surface area (Å²) in [6.45, 7) is 5.20. The van der Waals surface area contributed by atoms with E-state index in [0.717, 1.165) is 108 Å². The Morgan fingerprint density at radius 3 is 0.611 bits per heavy atom. The van der Waals surface area contributed by atoms with Crippen LogP contribution in [0.2, 0.25) is 13.1 Å². The summed E-state index contributed by atoms with van der Waals surface area (Å²) in [5, 5.41) is 11.2. The molecule has 12 aromatic carbocycles. The first kappa shape index (κ1) is 64.8. The van der Waals surface area contributed by atoms with Crippen LogP contribution in [0.15, 0.2) is 375 Å². The number of rotatable bonds is 10. The van der Waals surface area contributed by atoms with E-state index in [0.29, 0.717) is 91.9 Å². The predicted octanol–water partition coefficient (Wildman–Crippen LogP) is 12.3. The monoisotopic (exact) mass is 1530 g/mol. The molecule has 0 aliphatic carbocycles. The molecule has 12 bridgehead atoms. The van der Waals surface area contributed by atoms with Gasteiger partial charge in [-0.1, -0.05) is 329 Å². The van der Waals surface area contributed by atoms with Gasteiger partial charge in [0, 0.05) is 87.6 Å². The normalized spacial score (nSPS) is 15.2. The fraction of sp³-hybridized carbons (Fsp3) is 0.0222. The molecule has 0 radical (unpaired) electrons. The molecule has 8 aliphatic rings. The van der Waals surface area contributed by atoms with E-state index in [1.807, 2.05) is 0 Å². The quantitative estimate of drug-likeness (QED) is 0.123. The Kier molecular flexibility index (Phi) is 14.0. The molecular formula is C90H58Al2N16O2Si3. The van der Waals surface area contributed by atoms with E-state index in [-0.39, 0.29) is 0 Å². The molecule has 23 heteroatoms. The van der Waals surface area contributed by atoms with Gasteiger partial charge in [-0.2, -0.15) is 0 Å². The van der Waals surface area contributed by atoms with Crippen LogP contribution in [0.5, 0.6) is 0 Å². The van der Waals surface area contributed by atoms with E-state index in [1.165, 1.54) is 0 Å². The van der Waals surface area contributed by atoms with Gasteiger partial charge in [0.25, 0.3) is 0 Å². The minimum absolute atomic E-state index is 0.533. The lowest BCUT2D eigenvalue weighted by Crippen LogP contribution is -2.93. The average molecular weight is 1530 g/mol. The first-order valence-electron chi connectivity index (χ1n) is 37.8. The Bertz CT molecular complexity index is 6660. The topological polar surface area (TPSA) is 187 Å². The van der Waals surface area contributed by atoms with E-state index in [1.54, 1.807) is 0 Å². The lowest BCUT2D eigenvalue weighted by Gasteiger charge is -2.55. The molecule has 18 nitrogen and oxygen atoms in total. The standard InChI is InChI=1S/2C32H16N8.C26H26O2Si3.2Al/c2*1-2-10-18-17(9-1)25-33-26(18)38-28-21-13-5-6-14-22(21)30(35-28)40-32-24-16-8-7-15-23(24)31(36-32)39-29-20-12-4-3-11-19(20)27(34-29)37-25;1-29(2,30(27,23-15-7-3-8-16-23)24-17-9-4-10-18-24)31(28,25-19-11-5-12-20-25)26-21-13-6-14-22-26;;/h2*1-16H;3-22H,1-2H3;;/q3*-2;2*+3. The van der Waals surface area contributed by atoms with Crippen molar-refractivity contribution in [3.63, 3.8) is 0 Å². The van der Waals surface area contributed by atoms with E-state index >= 15 is 0 Å². The summed E-state index contributed by atoms with van der Waals surface area (Å²) in [4.78, 5) is 69.5. The van der Waals surface area contributed by atoms with Gasteiger partial charge in [-0.25, -0.2) is 59.9 Å². The van der Waals surface area contributed by atoms with Gasteiger partial charge in [-0.15, -0.1) is 0 Å². The van der Waals surface area contributed by atoms with E-state index in [9.17, 15) is 6.96 Å². The highest BCUT2D eigenvalue weighted by molar-refractivity contribution is 7.76. The largest absolute Gasteiger partial charge is 0.799 e. The maximum atomic E-state index is 9.84. The summed E-state index contributed by atoms with van der Waals surface area (Å²) in [5.41, 5.74) is 9.48. The van der Waals surface area contributed by atoms with Gasteiger partial charge in [-0.05, 0) is 20.7 Å². The lowest BCUT2D eigenvalue weighted by atomic mass is 10.1. The van der Waals surface area contributed by atoms with Gasteiger partial charge in [0.1, 0.15) is 52.3 Å². The summed E-state index contributed by atoms with van der Waals surface area (Å²) < 4.78 is 29.1. The van der Waals surface area contributed by atoms with Gasteiger partial charge in [0.15, 0.2) is 46.7 Å². The second-order valence-corrected chi connectivity index (χ2v) is 56.5. The minimum Gasteiger partial charge on any atom is -0.505 e. The Morgan fingerprint density at radius 1 is 0.204 bits per heavy atom. The summed E-state index contributed by atoms with van der Waals surface area (Å²) in [6.07, 6.45) is 0. The van der Waals surface area contributed by atoms with E-state index in [4.69, 9.17) is 59.9 Å². The molecule has 16 aromatic rings. The zero-order valence-corrected chi connectivity index (χ0v) is 66.0. The van der Waals surface area contributed by atoms with Crippen molar-refractivity contribution < 1.29 is 6.96 Å². The van der Waals surface area contributed by atoms with Crippen LogP contribution in [0, 0.1) is 0 Å². The van der Waals surface area contributed by atoms with Crippen molar-refractivity contribution >= 4 is 186 Å². The molecule has 0 spiro atoms. The molecule has 0 saturated heterocycles. The molecule has 113 heavy (non-hydrogen) atoms. The molecule has 4 aromatic heterocycles. The van der Waals surface area contributed by atoms with Crippen molar-refractivity contribution in [3.8, 4) is 0 Å². The SMILES string of the molecule is C[Si](C)([Si]([O][Al]1[n]2c3c4ccccc4c2N=C2N=C(N=c4c5ccccc5c([n]41)=NC1=NC(=N3)c3ccccc31)c1ccccc12)(c1ccccc1)c1ccccc1)[Si]([O][Al]1[n]2c3c4ccccc4c2N=C2N=C(N=c4c5ccccc5c([n]41)=NC1=NC(=N3)c3ccccc31)c1ccccc12)(c1ccccc1)c1ccccc1.